The number of aromatic nitrogens is 1. The second-order valence-corrected chi connectivity index (χ2v) is 6.76. The number of carbonyl (C=O) groups is 1. The van der Waals surface area contributed by atoms with Crippen LogP contribution in [0.2, 0.25) is 0 Å². The molecule has 1 amide bonds. The van der Waals surface area contributed by atoms with Gasteiger partial charge in [0, 0.05) is 42.9 Å². The average molecular weight is 409 g/mol. The molecule has 7 heteroatoms. The molecule has 0 bridgehead atoms. The molecule has 0 aliphatic heterocycles. The molecule has 0 saturated carbocycles. The Labute approximate surface area is 176 Å². The Morgan fingerprint density at radius 1 is 1.07 bits per heavy atom. The number of carbonyl (C=O) groups excluding carboxylic acids is 1. The van der Waals surface area contributed by atoms with Gasteiger partial charge in [0.1, 0.15) is 0 Å². The quantitative estimate of drug-likeness (QED) is 0.392. The summed E-state index contributed by atoms with van der Waals surface area (Å²) in [7, 11) is 0. The molecule has 1 heterocycles. The Morgan fingerprint density at radius 3 is 2.43 bits per heavy atom. The van der Waals surface area contributed by atoms with Crippen molar-refractivity contribution in [1.82, 2.24) is 4.57 Å². The van der Waals surface area contributed by atoms with E-state index in [1.165, 1.54) is 0 Å². The number of ether oxygens (including phenoxy) is 1. The SMILES string of the molecule is CCOCCn1c(O)c(N=NC(=O)c2ccc(N(CC)CC)cc2)c2ccccc21. The van der Waals surface area contributed by atoms with Crippen LogP contribution in [0.5, 0.6) is 5.88 Å². The third-order valence-corrected chi connectivity index (χ3v) is 5.06. The summed E-state index contributed by atoms with van der Waals surface area (Å²) in [4.78, 5) is 14.7. The zero-order valence-corrected chi connectivity index (χ0v) is 17.7. The van der Waals surface area contributed by atoms with Crippen molar-refractivity contribution in [3.8, 4) is 5.88 Å². The first-order valence-electron chi connectivity index (χ1n) is 10.3. The first kappa shape index (κ1) is 21.5. The largest absolute Gasteiger partial charge is 0.493 e. The third-order valence-electron chi connectivity index (χ3n) is 5.06. The molecule has 0 unspecified atom stereocenters. The van der Waals surface area contributed by atoms with E-state index in [0.29, 0.717) is 25.3 Å². The molecule has 0 fully saturated rings. The van der Waals surface area contributed by atoms with Crippen molar-refractivity contribution in [2.75, 3.05) is 31.2 Å². The molecule has 1 aromatic heterocycles. The van der Waals surface area contributed by atoms with Crippen molar-refractivity contribution in [3.63, 3.8) is 0 Å². The van der Waals surface area contributed by atoms with Crippen LogP contribution < -0.4 is 4.90 Å². The number of anilines is 1. The van der Waals surface area contributed by atoms with Crippen LogP contribution in [0, 0.1) is 0 Å². The van der Waals surface area contributed by atoms with Crippen molar-refractivity contribution < 1.29 is 14.6 Å². The highest BCUT2D eigenvalue weighted by molar-refractivity contribution is 5.97. The van der Waals surface area contributed by atoms with Crippen LogP contribution in [0.4, 0.5) is 11.4 Å². The Bertz CT molecular complexity index is 1020. The van der Waals surface area contributed by atoms with Crippen LogP contribution >= 0.6 is 0 Å². The maximum atomic E-state index is 12.5. The summed E-state index contributed by atoms with van der Waals surface area (Å²) in [5, 5.41) is 19.4. The fraction of sp³-hybridized carbons (Fsp3) is 0.348. The van der Waals surface area contributed by atoms with Gasteiger partial charge in [0.05, 0.1) is 12.1 Å². The molecule has 0 saturated heterocycles. The Hall–Kier alpha value is -3.19. The van der Waals surface area contributed by atoms with Crippen LogP contribution in [-0.2, 0) is 11.3 Å². The second kappa shape index (κ2) is 10.0. The smallest absolute Gasteiger partial charge is 0.295 e. The van der Waals surface area contributed by atoms with Crippen LogP contribution in [0.1, 0.15) is 31.1 Å². The van der Waals surface area contributed by atoms with E-state index in [2.05, 4.69) is 29.0 Å². The summed E-state index contributed by atoms with van der Waals surface area (Å²) in [6.45, 7) is 9.46. The van der Waals surface area contributed by atoms with Crippen LogP contribution in [0.15, 0.2) is 58.8 Å². The number of amides is 1. The summed E-state index contributed by atoms with van der Waals surface area (Å²) in [5.74, 6) is -0.476. The fourth-order valence-corrected chi connectivity index (χ4v) is 3.45. The number of fused-ring (bicyclic) bond motifs is 1. The van der Waals surface area contributed by atoms with E-state index in [9.17, 15) is 9.90 Å². The monoisotopic (exact) mass is 408 g/mol. The van der Waals surface area contributed by atoms with Crippen LogP contribution in [-0.4, -0.2) is 41.9 Å². The minimum Gasteiger partial charge on any atom is -0.493 e. The van der Waals surface area contributed by atoms with E-state index >= 15 is 0 Å². The fourth-order valence-electron chi connectivity index (χ4n) is 3.45. The molecule has 0 aliphatic rings. The number of aromatic hydroxyl groups is 1. The van der Waals surface area contributed by atoms with Gasteiger partial charge < -0.3 is 19.3 Å². The van der Waals surface area contributed by atoms with E-state index in [1.807, 2.05) is 43.3 Å². The summed E-state index contributed by atoms with van der Waals surface area (Å²) < 4.78 is 7.13. The first-order valence-corrected chi connectivity index (χ1v) is 10.3. The van der Waals surface area contributed by atoms with Gasteiger partial charge in [-0.15, -0.1) is 10.2 Å². The standard InChI is InChI=1S/C23H28N4O3/c1-4-26(5-2)18-13-11-17(12-14-18)22(28)25-24-21-19-9-7-8-10-20(19)27(23(21)29)15-16-30-6-3/h7-14,29H,4-6,15-16H2,1-3H3. The summed E-state index contributed by atoms with van der Waals surface area (Å²) in [6, 6.07) is 14.8. The normalized spacial score (nSPS) is 11.4. The van der Waals surface area contributed by atoms with Gasteiger partial charge in [-0.2, -0.15) is 0 Å². The Morgan fingerprint density at radius 2 is 1.77 bits per heavy atom. The lowest BCUT2D eigenvalue weighted by Crippen LogP contribution is -2.21. The van der Waals surface area contributed by atoms with Crippen molar-refractivity contribution in [2.24, 2.45) is 10.2 Å². The molecule has 3 aromatic rings. The van der Waals surface area contributed by atoms with Crippen molar-refractivity contribution in [3.05, 3.63) is 54.1 Å². The number of hydrogen-bond donors (Lipinski definition) is 1. The lowest BCUT2D eigenvalue weighted by molar-refractivity contribution is 0.0995. The molecule has 0 radical (unpaired) electrons. The second-order valence-electron chi connectivity index (χ2n) is 6.76. The topological polar surface area (TPSA) is 79.4 Å². The molecule has 3 rings (SSSR count). The summed E-state index contributed by atoms with van der Waals surface area (Å²) in [6.07, 6.45) is 0. The molecular formula is C23H28N4O3. The zero-order valence-electron chi connectivity index (χ0n) is 17.7. The number of nitrogens with zero attached hydrogens (tertiary/aromatic N) is 4. The molecule has 1 N–H and O–H groups in total. The van der Waals surface area contributed by atoms with E-state index in [0.717, 1.165) is 29.7 Å². The van der Waals surface area contributed by atoms with Gasteiger partial charge in [-0.3, -0.25) is 4.79 Å². The Kier molecular flexibility index (Phi) is 7.19. The van der Waals surface area contributed by atoms with E-state index < -0.39 is 5.91 Å². The molecule has 2 aromatic carbocycles. The van der Waals surface area contributed by atoms with Crippen molar-refractivity contribution in [1.29, 1.82) is 0 Å². The van der Waals surface area contributed by atoms with Gasteiger partial charge >= 0.3 is 0 Å². The summed E-state index contributed by atoms with van der Waals surface area (Å²) >= 11 is 0. The Balaban J connectivity index is 1.85. The molecule has 30 heavy (non-hydrogen) atoms. The van der Waals surface area contributed by atoms with E-state index in [1.54, 1.807) is 16.7 Å². The van der Waals surface area contributed by atoms with E-state index in [-0.39, 0.29) is 11.6 Å². The maximum Gasteiger partial charge on any atom is 0.295 e. The highest BCUT2D eigenvalue weighted by Gasteiger charge is 2.17. The first-order chi connectivity index (χ1) is 14.6. The van der Waals surface area contributed by atoms with Crippen LogP contribution in [0.25, 0.3) is 10.9 Å². The zero-order chi connectivity index (χ0) is 21.5. The predicted molar refractivity (Wildman–Crippen MR) is 119 cm³/mol. The summed E-state index contributed by atoms with van der Waals surface area (Å²) in [5.41, 5.74) is 2.62. The van der Waals surface area contributed by atoms with Gasteiger partial charge in [0.15, 0.2) is 5.69 Å². The van der Waals surface area contributed by atoms with Gasteiger partial charge in [-0.25, -0.2) is 0 Å². The molecule has 0 spiro atoms. The molecule has 0 atom stereocenters. The van der Waals surface area contributed by atoms with Crippen molar-refractivity contribution >= 4 is 28.2 Å². The van der Waals surface area contributed by atoms with Gasteiger partial charge in [0.2, 0.25) is 5.88 Å². The number of rotatable bonds is 9. The lowest BCUT2D eigenvalue weighted by Gasteiger charge is -2.20. The highest BCUT2D eigenvalue weighted by Crippen LogP contribution is 2.38. The number of para-hydroxylation sites is 1. The maximum absolute atomic E-state index is 12.5. The van der Waals surface area contributed by atoms with Crippen molar-refractivity contribution in [2.45, 2.75) is 27.3 Å². The van der Waals surface area contributed by atoms with Gasteiger partial charge in [-0.1, -0.05) is 18.2 Å². The van der Waals surface area contributed by atoms with E-state index in [4.69, 9.17) is 4.74 Å². The molecular weight excluding hydrogens is 380 g/mol. The van der Waals surface area contributed by atoms with Crippen LogP contribution in [0.3, 0.4) is 0 Å². The third kappa shape index (κ3) is 4.52. The molecule has 0 aliphatic carbocycles. The number of benzene rings is 2. The minimum atomic E-state index is -0.452. The number of hydrogen-bond acceptors (Lipinski definition) is 5. The van der Waals surface area contributed by atoms with Gasteiger partial charge in [-0.05, 0) is 51.1 Å². The highest BCUT2D eigenvalue weighted by atomic mass is 16.5. The predicted octanol–water partition coefficient (Wildman–Crippen LogP) is 5.15. The average Bonchev–Trinajstić information content (AvgIpc) is 3.04. The number of azo groups is 1. The lowest BCUT2D eigenvalue weighted by atomic mass is 10.2. The van der Waals surface area contributed by atoms with Gasteiger partial charge in [0.25, 0.3) is 5.91 Å². The molecule has 7 nitrogen and oxygen atoms in total. The molecule has 158 valence electrons. The minimum absolute atomic E-state index is 0.0238.